The molecule has 0 unspecified atom stereocenters. The molecule has 0 aliphatic heterocycles. The molecule has 0 atom stereocenters. The molecule has 23 heavy (non-hydrogen) atoms. The fourth-order valence-electron chi connectivity index (χ4n) is 5.11. The van der Waals surface area contributed by atoms with Crippen molar-refractivity contribution in [1.82, 2.24) is 4.23 Å². The van der Waals surface area contributed by atoms with Crippen molar-refractivity contribution in [2.75, 3.05) is 0 Å². The minimum atomic E-state index is -1.76. The molecule has 0 aliphatic carbocycles. The standard InChI is InChI=1S/C21H29NSi/c1-15(2)23(16(3)4,17(5)6)22-20-13-9-7-11-18(20)19-12-8-10-14-21(19)22/h7-17H,1-6H3. The summed E-state index contributed by atoms with van der Waals surface area (Å²) in [6, 6.07) is 17.9. The highest BCUT2D eigenvalue weighted by Crippen LogP contribution is 2.46. The number of hydrogen-bond donors (Lipinski definition) is 0. The van der Waals surface area contributed by atoms with Crippen LogP contribution in [0.15, 0.2) is 48.5 Å². The average molecular weight is 324 g/mol. The fourth-order valence-corrected chi connectivity index (χ4v) is 11.9. The Morgan fingerprint density at radius 2 is 0.957 bits per heavy atom. The molecule has 2 heteroatoms. The van der Waals surface area contributed by atoms with Gasteiger partial charge in [0.05, 0.1) is 0 Å². The summed E-state index contributed by atoms with van der Waals surface area (Å²) in [5, 5.41) is 2.81. The predicted molar refractivity (Wildman–Crippen MR) is 106 cm³/mol. The Labute approximate surface area is 141 Å². The van der Waals surface area contributed by atoms with Crippen molar-refractivity contribution in [2.24, 2.45) is 0 Å². The van der Waals surface area contributed by atoms with Crippen LogP contribution in [0.2, 0.25) is 16.6 Å². The van der Waals surface area contributed by atoms with Gasteiger partial charge in [-0.3, -0.25) is 0 Å². The molecule has 0 saturated heterocycles. The summed E-state index contributed by atoms with van der Waals surface area (Å²) in [7, 11) is -1.76. The van der Waals surface area contributed by atoms with E-state index >= 15 is 0 Å². The minimum absolute atomic E-state index is 0.696. The van der Waals surface area contributed by atoms with E-state index in [1.165, 1.54) is 21.8 Å². The summed E-state index contributed by atoms with van der Waals surface area (Å²) in [5.41, 5.74) is 4.94. The van der Waals surface area contributed by atoms with Crippen LogP contribution in [0.4, 0.5) is 0 Å². The van der Waals surface area contributed by atoms with E-state index in [9.17, 15) is 0 Å². The Hall–Kier alpha value is -1.54. The normalized spacial score (nSPS) is 13.1. The van der Waals surface area contributed by atoms with Crippen molar-refractivity contribution in [3.63, 3.8) is 0 Å². The monoisotopic (exact) mass is 323 g/mol. The first-order chi connectivity index (χ1) is 10.9. The lowest BCUT2D eigenvalue weighted by Gasteiger charge is -2.45. The molecule has 0 aliphatic rings. The van der Waals surface area contributed by atoms with Crippen molar-refractivity contribution in [3.05, 3.63) is 48.5 Å². The van der Waals surface area contributed by atoms with Gasteiger partial charge in [0, 0.05) is 21.8 Å². The van der Waals surface area contributed by atoms with Gasteiger partial charge in [0.1, 0.15) is 0 Å². The van der Waals surface area contributed by atoms with Crippen molar-refractivity contribution in [2.45, 2.75) is 58.2 Å². The molecule has 2 aromatic carbocycles. The maximum absolute atomic E-state index is 2.79. The van der Waals surface area contributed by atoms with Gasteiger partial charge >= 0.3 is 0 Å². The van der Waals surface area contributed by atoms with Crippen LogP contribution in [0.5, 0.6) is 0 Å². The molecule has 3 rings (SSSR count). The van der Waals surface area contributed by atoms with Gasteiger partial charge in [0.25, 0.3) is 0 Å². The molecule has 0 amide bonds. The SMILES string of the molecule is CC(C)[Si](C(C)C)(C(C)C)n1c2ccccc2c2ccccc21. The second kappa shape index (κ2) is 5.83. The zero-order chi connectivity index (χ0) is 16.8. The second-order valence-corrected chi connectivity index (χ2v) is 13.4. The van der Waals surface area contributed by atoms with Gasteiger partial charge in [0.2, 0.25) is 0 Å². The quantitative estimate of drug-likeness (QED) is 0.464. The molecule has 0 radical (unpaired) electrons. The highest BCUT2D eigenvalue weighted by atomic mass is 28.3. The van der Waals surface area contributed by atoms with Crippen LogP contribution in [0.25, 0.3) is 21.8 Å². The van der Waals surface area contributed by atoms with E-state index in [2.05, 4.69) is 94.3 Å². The fraction of sp³-hybridized carbons (Fsp3) is 0.429. The topological polar surface area (TPSA) is 4.93 Å². The van der Waals surface area contributed by atoms with Crippen LogP contribution in [0, 0.1) is 0 Å². The van der Waals surface area contributed by atoms with Gasteiger partial charge in [-0.15, -0.1) is 0 Å². The Kier molecular flexibility index (Phi) is 4.13. The number of hydrogen-bond acceptors (Lipinski definition) is 0. The highest BCUT2D eigenvalue weighted by Gasteiger charge is 2.46. The number of fused-ring (bicyclic) bond motifs is 3. The van der Waals surface area contributed by atoms with Crippen LogP contribution in [0.1, 0.15) is 41.5 Å². The zero-order valence-electron chi connectivity index (χ0n) is 15.3. The lowest BCUT2D eigenvalue weighted by Crippen LogP contribution is -2.51. The van der Waals surface area contributed by atoms with Crippen molar-refractivity contribution in [1.29, 1.82) is 0 Å². The summed E-state index contributed by atoms with van der Waals surface area (Å²) in [6.07, 6.45) is 0. The number of aromatic nitrogens is 1. The van der Waals surface area contributed by atoms with Gasteiger partial charge in [0.15, 0.2) is 8.24 Å². The van der Waals surface area contributed by atoms with Crippen molar-refractivity contribution in [3.8, 4) is 0 Å². The maximum Gasteiger partial charge on any atom is 0.170 e. The average Bonchev–Trinajstić information content (AvgIpc) is 2.83. The number of rotatable bonds is 4. The van der Waals surface area contributed by atoms with Crippen LogP contribution >= 0.6 is 0 Å². The first kappa shape index (κ1) is 16.3. The van der Waals surface area contributed by atoms with Gasteiger partial charge in [-0.25, -0.2) is 0 Å². The third-order valence-corrected chi connectivity index (χ3v) is 12.5. The van der Waals surface area contributed by atoms with E-state index in [-0.39, 0.29) is 0 Å². The lowest BCUT2D eigenvalue weighted by atomic mass is 10.2. The smallest absolute Gasteiger partial charge is 0.170 e. The Bertz CT molecular complexity index is 751. The molecule has 0 bridgehead atoms. The molecule has 0 saturated carbocycles. The Balaban J connectivity index is 2.54. The molecule has 0 fully saturated rings. The second-order valence-electron chi connectivity index (χ2n) is 7.72. The number of benzene rings is 2. The molecule has 0 N–H and O–H groups in total. The van der Waals surface area contributed by atoms with E-state index in [0.29, 0.717) is 16.6 Å². The molecule has 3 aromatic rings. The molecule has 1 nitrogen and oxygen atoms in total. The Morgan fingerprint density at radius 3 is 1.30 bits per heavy atom. The van der Waals surface area contributed by atoms with Gasteiger partial charge in [-0.1, -0.05) is 77.9 Å². The molecule has 1 heterocycles. The highest BCUT2D eigenvalue weighted by molar-refractivity contribution is 6.83. The lowest BCUT2D eigenvalue weighted by molar-refractivity contribution is 0.779. The predicted octanol–water partition coefficient (Wildman–Crippen LogP) is 6.82. The zero-order valence-corrected chi connectivity index (χ0v) is 16.3. The molecule has 122 valence electrons. The van der Waals surface area contributed by atoms with E-state index in [1.54, 1.807) is 0 Å². The molecular formula is C21H29NSi. The van der Waals surface area contributed by atoms with Crippen molar-refractivity contribution >= 4 is 30.0 Å². The van der Waals surface area contributed by atoms with Crippen molar-refractivity contribution < 1.29 is 0 Å². The van der Waals surface area contributed by atoms with E-state index in [1.807, 2.05) is 0 Å². The summed E-state index contributed by atoms with van der Waals surface area (Å²) >= 11 is 0. The van der Waals surface area contributed by atoms with E-state index < -0.39 is 8.24 Å². The largest absolute Gasteiger partial charge is 0.367 e. The summed E-state index contributed by atoms with van der Waals surface area (Å²) in [4.78, 5) is 0. The van der Waals surface area contributed by atoms with E-state index in [0.717, 1.165) is 0 Å². The molecule has 0 spiro atoms. The molecule has 1 aromatic heterocycles. The maximum atomic E-state index is 2.79. The van der Waals surface area contributed by atoms with Gasteiger partial charge in [-0.05, 0) is 28.8 Å². The first-order valence-corrected chi connectivity index (χ1v) is 11.1. The summed E-state index contributed by atoms with van der Waals surface area (Å²) in [6.45, 7) is 14.6. The third-order valence-electron chi connectivity index (χ3n) is 5.74. The third kappa shape index (κ3) is 2.19. The van der Waals surface area contributed by atoms with Gasteiger partial charge < -0.3 is 4.23 Å². The number of para-hydroxylation sites is 2. The summed E-state index contributed by atoms with van der Waals surface area (Å²) < 4.78 is 2.79. The minimum Gasteiger partial charge on any atom is -0.367 e. The van der Waals surface area contributed by atoms with Gasteiger partial charge in [-0.2, -0.15) is 0 Å². The molecular weight excluding hydrogens is 294 g/mol. The first-order valence-electron chi connectivity index (χ1n) is 8.91. The van der Waals surface area contributed by atoms with Crippen LogP contribution < -0.4 is 0 Å². The van der Waals surface area contributed by atoms with Crippen LogP contribution in [-0.4, -0.2) is 12.5 Å². The summed E-state index contributed by atoms with van der Waals surface area (Å²) in [5.74, 6) is 0. The Morgan fingerprint density at radius 1 is 0.609 bits per heavy atom. The number of nitrogens with zero attached hydrogens (tertiary/aromatic N) is 1. The van der Waals surface area contributed by atoms with Crippen LogP contribution in [-0.2, 0) is 0 Å². The van der Waals surface area contributed by atoms with E-state index in [4.69, 9.17) is 0 Å². The van der Waals surface area contributed by atoms with Crippen LogP contribution in [0.3, 0.4) is 0 Å².